The highest BCUT2D eigenvalue weighted by molar-refractivity contribution is 4.79. The van der Waals surface area contributed by atoms with Crippen molar-refractivity contribution in [1.82, 2.24) is 5.32 Å². The highest BCUT2D eigenvalue weighted by Gasteiger charge is 2.24. The Morgan fingerprint density at radius 3 is 2.23 bits per heavy atom. The maximum atomic E-state index is 3.61. The first-order valence-corrected chi connectivity index (χ1v) is 5.76. The second-order valence-electron chi connectivity index (χ2n) is 5.58. The Bertz CT molecular complexity index is 146. The average molecular weight is 183 g/mol. The monoisotopic (exact) mass is 183 g/mol. The summed E-state index contributed by atoms with van der Waals surface area (Å²) in [7, 11) is 0. The molecule has 1 aliphatic rings. The third-order valence-corrected chi connectivity index (χ3v) is 3.15. The van der Waals surface area contributed by atoms with E-state index < -0.39 is 0 Å². The van der Waals surface area contributed by atoms with Crippen LogP contribution < -0.4 is 5.32 Å². The van der Waals surface area contributed by atoms with E-state index in [0.717, 1.165) is 11.8 Å². The van der Waals surface area contributed by atoms with Gasteiger partial charge in [-0.05, 0) is 52.0 Å². The van der Waals surface area contributed by atoms with Gasteiger partial charge in [0.15, 0.2) is 0 Å². The van der Waals surface area contributed by atoms with Gasteiger partial charge >= 0.3 is 0 Å². The fourth-order valence-corrected chi connectivity index (χ4v) is 2.19. The molecule has 0 bridgehead atoms. The summed E-state index contributed by atoms with van der Waals surface area (Å²) in [4.78, 5) is 0. The summed E-state index contributed by atoms with van der Waals surface area (Å²) in [5.74, 6) is 1.97. The van der Waals surface area contributed by atoms with E-state index in [1.54, 1.807) is 0 Å². The zero-order valence-corrected chi connectivity index (χ0v) is 9.69. The molecule has 0 aromatic rings. The van der Waals surface area contributed by atoms with Crippen LogP contribution in [0.5, 0.6) is 0 Å². The number of hydrogen-bond donors (Lipinski definition) is 1. The molecule has 0 aromatic heterocycles. The number of nitrogens with one attached hydrogen (secondary N) is 1. The first-order chi connectivity index (χ1) is 6.01. The molecule has 13 heavy (non-hydrogen) atoms. The van der Waals surface area contributed by atoms with Gasteiger partial charge in [-0.1, -0.05) is 19.8 Å². The molecule has 1 nitrogen and oxygen atoms in total. The van der Waals surface area contributed by atoms with Gasteiger partial charge in [-0.3, -0.25) is 0 Å². The Balaban J connectivity index is 2.17. The van der Waals surface area contributed by atoms with Crippen LogP contribution >= 0.6 is 0 Å². The lowest BCUT2D eigenvalue weighted by atomic mass is 10.0. The topological polar surface area (TPSA) is 12.0 Å². The van der Waals surface area contributed by atoms with Crippen LogP contribution in [0.4, 0.5) is 0 Å². The van der Waals surface area contributed by atoms with E-state index in [4.69, 9.17) is 0 Å². The predicted molar refractivity (Wildman–Crippen MR) is 58.9 cm³/mol. The molecule has 78 valence electrons. The second kappa shape index (κ2) is 4.45. The Kier molecular flexibility index (Phi) is 3.78. The van der Waals surface area contributed by atoms with Crippen molar-refractivity contribution in [3.63, 3.8) is 0 Å². The minimum absolute atomic E-state index is 0.296. The molecule has 2 unspecified atom stereocenters. The summed E-state index contributed by atoms with van der Waals surface area (Å²) in [6.07, 6.45) is 5.75. The van der Waals surface area contributed by atoms with Crippen LogP contribution in [-0.2, 0) is 0 Å². The maximum Gasteiger partial charge on any atom is 0.00966 e. The lowest BCUT2D eigenvalue weighted by molar-refractivity contribution is 0.366. The second-order valence-corrected chi connectivity index (χ2v) is 5.58. The molecule has 0 saturated heterocycles. The summed E-state index contributed by atoms with van der Waals surface area (Å²) >= 11 is 0. The summed E-state index contributed by atoms with van der Waals surface area (Å²) in [6, 6.07) is 0. The first-order valence-electron chi connectivity index (χ1n) is 5.76. The molecule has 1 aliphatic carbocycles. The maximum absolute atomic E-state index is 3.61. The van der Waals surface area contributed by atoms with Gasteiger partial charge < -0.3 is 5.32 Å². The number of rotatable bonds is 3. The van der Waals surface area contributed by atoms with Crippen LogP contribution in [0, 0.1) is 11.8 Å². The van der Waals surface area contributed by atoms with Crippen LogP contribution in [0.2, 0.25) is 0 Å². The van der Waals surface area contributed by atoms with Crippen molar-refractivity contribution >= 4 is 0 Å². The lowest BCUT2D eigenvalue weighted by Gasteiger charge is -2.23. The molecule has 1 N–H and O–H groups in total. The molecule has 1 fully saturated rings. The van der Waals surface area contributed by atoms with E-state index in [1.165, 1.54) is 32.2 Å². The van der Waals surface area contributed by atoms with Gasteiger partial charge in [0, 0.05) is 5.54 Å². The summed E-state index contributed by atoms with van der Waals surface area (Å²) in [5, 5.41) is 3.61. The fourth-order valence-electron chi connectivity index (χ4n) is 2.19. The average Bonchev–Trinajstić information content (AvgIpc) is 2.47. The third kappa shape index (κ3) is 4.12. The van der Waals surface area contributed by atoms with Gasteiger partial charge in [0.2, 0.25) is 0 Å². The summed E-state index contributed by atoms with van der Waals surface area (Å²) in [5.41, 5.74) is 0.296. The van der Waals surface area contributed by atoms with Crippen molar-refractivity contribution in [2.24, 2.45) is 11.8 Å². The van der Waals surface area contributed by atoms with Gasteiger partial charge in [-0.2, -0.15) is 0 Å². The fraction of sp³-hybridized carbons (Fsp3) is 1.00. The highest BCUT2D eigenvalue weighted by atomic mass is 14.9. The smallest absolute Gasteiger partial charge is 0.00966 e. The SMILES string of the molecule is CCC1CCC(CNC(C)(C)C)C1. The Labute approximate surface area is 83.3 Å². The van der Waals surface area contributed by atoms with Crippen molar-refractivity contribution in [1.29, 1.82) is 0 Å². The zero-order chi connectivity index (χ0) is 9.90. The van der Waals surface area contributed by atoms with Crippen LogP contribution in [0.1, 0.15) is 53.4 Å². The van der Waals surface area contributed by atoms with Crippen molar-refractivity contribution in [3.05, 3.63) is 0 Å². The Morgan fingerprint density at radius 1 is 1.15 bits per heavy atom. The normalized spacial score (nSPS) is 29.5. The predicted octanol–water partition coefficient (Wildman–Crippen LogP) is 3.20. The van der Waals surface area contributed by atoms with Crippen molar-refractivity contribution in [3.8, 4) is 0 Å². The molecule has 0 aliphatic heterocycles. The molecule has 1 heteroatoms. The lowest BCUT2D eigenvalue weighted by Crippen LogP contribution is -2.38. The highest BCUT2D eigenvalue weighted by Crippen LogP contribution is 2.32. The van der Waals surface area contributed by atoms with E-state index in [9.17, 15) is 0 Å². The molecule has 0 amide bonds. The van der Waals surface area contributed by atoms with E-state index in [-0.39, 0.29) is 0 Å². The molecule has 1 saturated carbocycles. The minimum Gasteiger partial charge on any atom is -0.312 e. The van der Waals surface area contributed by atoms with Gasteiger partial charge in [-0.25, -0.2) is 0 Å². The Hall–Kier alpha value is -0.0400. The van der Waals surface area contributed by atoms with Crippen LogP contribution in [-0.4, -0.2) is 12.1 Å². The van der Waals surface area contributed by atoms with Gasteiger partial charge in [0.25, 0.3) is 0 Å². The van der Waals surface area contributed by atoms with Crippen molar-refractivity contribution < 1.29 is 0 Å². The Morgan fingerprint density at radius 2 is 1.77 bits per heavy atom. The first kappa shape index (κ1) is 11.0. The van der Waals surface area contributed by atoms with E-state index in [0.29, 0.717) is 5.54 Å². The van der Waals surface area contributed by atoms with Gasteiger partial charge in [-0.15, -0.1) is 0 Å². The quantitative estimate of drug-likeness (QED) is 0.708. The van der Waals surface area contributed by atoms with Crippen molar-refractivity contribution in [2.45, 2.75) is 58.9 Å². The molecule has 0 spiro atoms. The standard InChI is InChI=1S/C12H25N/c1-5-10-6-7-11(8-10)9-13-12(2,3)4/h10-11,13H,5-9H2,1-4H3. The van der Waals surface area contributed by atoms with Crippen LogP contribution in [0.3, 0.4) is 0 Å². The third-order valence-electron chi connectivity index (χ3n) is 3.15. The molecular formula is C12H25N. The molecule has 0 heterocycles. The molecule has 2 atom stereocenters. The summed E-state index contributed by atoms with van der Waals surface area (Å²) < 4.78 is 0. The van der Waals surface area contributed by atoms with Crippen LogP contribution in [0.15, 0.2) is 0 Å². The van der Waals surface area contributed by atoms with Gasteiger partial charge in [0.05, 0.1) is 0 Å². The minimum atomic E-state index is 0.296. The largest absolute Gasteiger partial charge is 0.312 e. The van der Waals surface area contributed by atoms with Crippen molar-refractivity contribution in [2.75, 3.05) is 6.54 Å². The summed E-state index contributed by atoms with van der Waals surface area (Å²) in [6.45, 7) is 10.3. The van der Waals surface area contributed by atoms with E-state index in [2.05, 4.69) is 33.0 Å². The van der Waals surface area contributed by atoms with E-state index in [1.807, 2.05) is 0 Å². The molecule has 0 radical (unpaired) electrons. The molecular weight excluding hydrogens is 158 g/mol. The van der Waals surface area contributed by atoms with Crippen LogP contribution in [0.25, 0.3) is 0 Å². The molecule has 1 rings (SSSR count). The van der Waals surface area contributed by atoms with E-state index >= 15 is 0 Å². The van der Waals surface area contributed by atoms with Gasteiger partial charge in [0.1, 0.15) is 0 Å². The molecule has 0 aromatic carbocycles. The zero-order valence-electron chi connectivity index (χ0n) is 9.69. The number of hydrogen-bond acceptors (Lipinski definition) is 1.